The number of carbonyl (C=O) groups excluding carboxylic acids is 2. The number of ether oxygens (including phenoxy) is 1. The van der Waals surface area contributed by atoms with Crippen molar-refractivity contribution in [2.75, 3.05) is 13.7 Å². The summed E-state index contributed by atoms with van der Waals surface area (Å²) in [5.41, 5.74) is 3.98. The van der Waals surface area contributed by atoms with Gasteiger partial charge in [-0.25, -0.2) is 9.50 Å². The first-order chi connectivity index (χ1) is 16.6. The van der Waals surface area contributed by atoms with Crippen LogP contribution in [-0.2, 0) is 4.79 Å². The average molecular weight is 456 g/mol. The highest BCUT2D eigenvalue weighted by molar-refractivity contribution is 5.97. The molecule has 0 unspecified atom stereocenters. The van der Waals surface area contributed by atoms with Gasteiger partial charge in [-0.05, 0) is 37.5 Å². The molecule has 1 saturated heterocycles. The van der Waals surface area contributed by atoms with Crippen LogP contribution in [0.5, 0.6) is 5.75 Å². The summed E-state index contributed by atoms with van der Waals surface area (Å²) in [6, 6.07) is 20.4. The summed E-state index contributed by atoms with van der Waals surface area (Å²) in [5.74, 6) is 0.144. The van der Waals surface area contributed by atoms with Gasteiger partial charge in [-0.15, -0.1) is 0 Å². The molecule has 172 valence electrons. The molecular weight excluding hydrogens is 430 g/mol. The van der Waals surface area contributed by atoms with Crippen LogP contribution in [0, 0.1) is 0 Å². The third kappa shape index (κ3) is 4.34. The van der Waals surface area contributed by atoms with Gasteiger partial charge in [0.05, 0.1) is 18.5 Å². The van der Waals surface area contributed by atoms with E-state index in [-0.39, 0.29) is 11.6 Å². The molecule has 0 radical (unpaired) electrons. The van der Waals surface area contributed by atoms with Crippen molar-refractivity contribution in [2.45, 2.75) is 25.3 Å². The van der Waals surface area contributed by atoms with Crippen LogP contribution in [0.15, 0.2) is 66.7 Å². The Hall–Kier alpha value is -4.20. The van der Waals surface area contributed by atoms with E-state index in [0.29, 0.717) is 30.1 Å². The summed E-state index contributed by atoms with van der Waals surface area (Å²) in [5, 5.41) is 10.5. The third-order valence-corrected chi connectivity index (χ3v) is 5.94. The maximum absolute atomic E-state index is 13.2. The molecule has 1 aliphatic rings. The maximum Gasteiger partial charge on any atom is 0.270 e. The number of aromatic nitrogens is 3. The largest absolute Gasteiger partial charge is 0.497 e. The van der Waals surface area contributed by atoms with Gasteiger partial charge in [0.15, 0.2) is 5.65 Å². The fraction of sp³-hybridized carbons (Fsp3) is 0.231. The minimum Gasteiger partial charge on any atom is -0.497 e. The second-order valence-corrected chi connectivity index (χ2v) is 8.24. The molecule has 0 bridgehead atoms. The van der Waals surface area contributed by atoms with Crippen LogP contribution in [0.4, 0.5) is 0 Å². The van der Waals surface area contributed by atoms with Gasteiger partial charge in [0.2, 0.25) is 5.91 Å². The lowest BCUT2D eigenvalue weighted by molar-refractivity contribution is -0.122. The van der Waals surface area contributed by atoms with Gasteiger partial charge in [-0.3, -0.25) is 9.59 Å². The fourth-order valence-electron chi connectivity index (χ4n) is 4.14. The maximum atomic E-state index is 13.2. The lowest BCUT2D eigenvalue weighted by atomic mass is 10.1. The van der Waals surface area contributed by atoms with Crippen molar-refractivity contribution in [3.8, 4) is 28.3 Å². The van der Waals surface area contributed by atoms with E-state index in [1.807, 2.05) is 60.7 Å². The molecule has 0 aliphatic carbocycles. The van der Waals surface area contributed by atoms with E-state index in [1.54, 1.807) is 17.7 Å². The molecular formula is C26H25N5O3. The predicted octanol–water partition coefficient (Wildman–Crippen LogP) is 3.47. The van der Waals surface area contributed by atoms with E-state index >= 15 is 0 Å². The fourth-order valence-corrected chi connectivity index (χ4v) is 4.14. The van der Waals surface area contributed by atoms with Crippen molar-refractivity contribution < 1.29 is 14.3 Å². The molecule has 1 atom stereocenters. The molecule has 2 N–H and O–H groups in total. The number of fused-ring (bicyclic) bond motifs is 1. The summed E-state index contributed by atoms with van der Waals surface area (Å²) in [6.07, 6.45) is 2.38. The van der Waals surface area contributed by atoms with Gasteiger partial charge in [0.1, 0.15) is 17.5 Å². The zero-order chi connectivity index (χ0) is 23.5. The monoisotopic (exact) mass is 455 g/mol. The van der Waals surface area contributed by atoms with Gasteiger partial charge >= 0.3 is 0 Å². The van der Waals surface area contributed by atoms with Crippen molar-refractivity contribution in [1.29, 1.82) is 0 Å². The Labute approximate surface area is 197 Å². The Morgan fingerprint density at radius 1 is 1.06 bits per heavy atom. The average Bonchev–Trinajstić information content (AvgIpc) is 3.21. The van der Waals surface area contributed by atoms with Crippen molar-refractivity contribution in [3.05, 3.63) is 72.4 Å². The van der Waals surface area contributed by atoms with Crippen molar-refractivity contribution in [1.82, 2.24) is 25.2 Å². The Morgan fingerprint density at radius 3 is 2.71 bits per heavy atom. The van der Waals surface area contributed by atoms with Gasteiger partial charge in [0, 0.05) is 23.7 Å². The van der Waals surface area contributed by atoms with Crippen LogP contribution in [0.2, 0.25) is 0 Å². The number of amides is 2. The molecule has 0 spiro atoms. The molecule has 4 aromatic rings. The van der Waals surface area contributed by atoms with E-state index in [0.717, 1.165) is 29.7 Å². The highest BCUT2D eigenvalue weighted by Crippen LogP contribution is 2.27. The van der Waals surface area contributed by atoms with Crippen LogP contribution < -0.4 is 15.4 Å². The van der Waals surface area contributed by atoms with Crippen molar-refractivity contribution >= 4 is 17.5 Å². The predicted molar refractivity (Wildman–Crippen MR) is 129 cm³/mol. The Bertz CT molecular complexity index is 1350. The van der Waals surface area contributed by atoms with E-state index in [1.165, 1.54) is 0 Å². The minimum absolute atomic E-state index is 0.157. The molecule has 0 saturated carbocycles. The van der Waals surface area contributed by atoms with Gasteiger partial charge in [-0.2, -0.15) is 5.10 Å². The number of nitrogens with zero attached hydrogens (tertiary/aromatic N) is 3. The quantitative estimate of drug-likeness (QED) is 0.480. The number of rotatable bonds is 5. The summed E-state index contributed by atoms with van der Waals surface area (Å²) in [4.78, 5) is 30.1. The van der Waals surface area contributed by atoms with Crippen LogP contribution in [0.3, 0.4) is 0 Å². The molecule has 2 aromatic heterocycles. The number of nitrogens with one attached hydrogen (secondary N) is 2. The van der Waals surface area contributed by atoms with Crippen LogP contribution >= 0.6 is 0 Å². The summed E-state index contributed by atoms with van der Waals surface area (Å²) >= 11 is 0. The first kappa shape index (κ1) is 21.6. The number of benzene rings is 2. The minimum atomic E-state index is -0.571. The molecule has 8 nitrogen and oxygen atoms in total. The second kappa shape index (κ2) is 9.35. The topological polar surface area (TPSA) is 97.6 Å². The molecule has 2 amide bonds. The summed E-state index contributed by atoms with van der Waals surface area (Å²) in [7, 11) is 1.61. The van der Waals surface area contributed by atoms with E-state index in [9.17, 15) is 9.59 Å². The smallest absolute Gasteiger partial charge is 0.270 e. The van der Waals surface area contributed by atoms with Crippen LogP contribution in [0.1, 0.15) is 29.8 Å². The number of hydrogen-bond acceptors (Lipinski definition) is 5. The van der Waals surface area contributed by atoms with Gasteiger partial charge in [-0.1, -0.05) is 42.5 Å². The normalized spacial score (nSPS) is 16.0. The zero-order valence-electron chi connectivity index (χ0n) is 18.8. The van der Waals surface area contributed by atoms with Crippen molar-refractivity contribution in [3.63, 3.8) is 0 Å². The lowest BCUT2D eigenvalue weighted by Crippen LogP contribution is -2.45. The van der Waals surface area contributed by atoms with Crippen LogP contribution in [-0.4, -0.2) is 46.1 Å². The first-order valence-corrected chi connectivity index (χ1v) is 11.3. The highest BCUT2D eigenvalue weighted by atomic mass is 16.5. The molecule has 34 heavy (non-hydrogen) atoms. The number of methoxy groups -OCH3 is 1. The standard InChI is InChI=1S/C26H25N5O3/c1-34-19-11-7-10-18(14-19)23-15-22(26(33)29-20-12-5-6-13-27-25(20)32)28-24-16-21(30-31(23)24)17-8-3-2-4-9-17/h2-4,7-11,14-16,20H,5-6,12-13H2,1H3,(H,27,32)(H,29,33)/t20-/m1/s1. The van der Waals surface area contributed by atoms with Gasteiger partial charge in [0.25, 0.3) is 5.91 Å². The molecule has 1 aliphatic heterocycles. The highest BCUT2D eigenvalue weighted by Gasteiger charge is 2.24. The van der Waals surface area contributed by atoms with E-state index in [4.69, 9.17) is 9.84 Å². The van der Waals surface area contributed by atoms with E-state index in [2.05, 4.69) is 15.6 Å². The molecule has 2 aromatic carbocycles. The second-order valence-electron chi connectivity index (χ2n) is 8.24. The Morgan fingerprint density at radius 2 is 1.88 bits per heavy atom. The Balaban J connectivity index is 1.59. The summed E-state index contributed by atoms with van der Waals surface area (Å²) in [6.45, 7) is 0.632. The lowest BCUT2D eigenvalue weighted by Gasteiger charge is -2.15. The Kier molecular flexibility index (Phi) is 5.95. The first-order valence-electron chi connectivity index (χ1n) is 11.3. The molecule has 8 heteroatoms. The van der Waals surface area contributed by atoms with Crippen molar-refractivity contribution in [2.24, 2.45) is 0 Å². The third-order valence-electron chi connectivity index (χ3n) is 5.94. The summed E-state index contributed by atoms with van der Waals surface area (Å²) < 4.78 is 7.12. The molecule has 5 rings (SSSR count). The number of hydrogen-bond donors (Lipinski definition) is 2. The number of carbonyl (C=O) groups is 2. The van der Waals surface area contributed by atoms with Gasteiger partial charge < -0.3 is 15.4 Å². The molecule has 3 heterocycles. The van der Waals surface area contributed by atoms with E-state index < -0.39 is 11.9 Å². The van der Waals surface area contributed by atoms with Crippen LogP contribution in [0.25, 0.3) is 28.2 Å². The molecule has 1 fully saturated rings. The SMILES string of the molecule is COc1cccc(-c2cc(C(=O)N[C@@H]3CCCCNC3=O)nc3cc(-c4ccccc4)nn23)c1. The zero-order valence-corrected chi connectivity index (χ0v) is 18.8.